The monoisotopic (exact) mass is 239 g/mol. The highest BCUT2D eigenvalue weighted by molar-refractivity contribution is 4.93. The molecule has 1 atom stereocenters. The molecule has 2 aliphatic heterocycles. The van der Waals surface area contributed by atoms with Crippen molar-refractivity contribution >= 4 is 0 Å². The first-order valence-corrected chi connectivity index (χ1v) is 7.36. The Morgan fingerprint density at radius 1 is 1.35 bits per heavy atom. The largest absolute Gasteiger partial charge is 0.317 e. The zero-order chi connectivity index (χ0) is 12.1. The lowest BCUT2D eigenvalue weighted by Crippen LogP contribution is -2.56. The number of hydrogen-bond acceptors (Lipinski definition) is 3. The van der Waals surface area contributed by atoms with Gasteiger partial charge in [-0.1, -0.05) is 13.8 Å². The maximum atomic E-state index is 3.52. The van der Waals surface area contributed by atoms with Crippen LogP contribution in [-0.4, -0.2) is 50.7 Å². The van der Waals surface area contributed by atoms with Gasteiger partial charge in [-0.2, -0.15) is 0 Å². The topological polar surface area (TPSA) is 27.3 Å². The second kappa shape index (κ2) is 6.17. The zero-order valence-electron chi connectivity index (χ0n) is 11.6. The van der Waals surface area contributed by atoms with Gasteiger partial charge in [0.15, 0.2) is 0 Å². The molecule has 2 heterocycles. The number of nitrogens with one attached hydrogen (secondary N) is 2. The van der Waals surface area contributed by atoms with E-state index in [2.05, 4.69) is 29.4 Å². The Morgan fingerprint density at radius 3 is 2.82 bits per heavy atom. The molecule has 0 radical (unpaired) electrons. The SMILES string of the molecule is CCCNCCC1(C)CN(CC2CCNC2)C1. The molecule has 0 aliphatic carbocycles. The molecule has 2 rings (SSSR count). The molecular formula is C14H29N3. The van der Waals surface area contributed by atoms with Gasteiger partial charge in [0.25, 0.3) is 0 Å². The molecule has 1 unspecified atom stereocenters. The summed E-state index contributed by atoms with van der Waals surface area (Å²) in [5.41, 5.74) is 0.590. The lowest BCUT2D eigenvalue weighted by molar-refractivity contribution is -0.0000134. The minimum atomic E-state index is 0.590. The van der Waals surface area contributed by atoms with Crippen molar-refractivity contribution in [2.45, 2.75) is 33.1 Å². The minimum absolute atomic E-state index is 0.590. The fraction of sp³-hybridized carbons (Fsp3) is 1.00. The Balaban J connectivity index is 1.56. The van der Waals surface area contributed by atoms with E-state index in [1.54, 1.807) is 0 Å². The molecule has 2 aliphatic rings. The fourth-order valence-corrected chi connectivity index (χ4v) is 3.25. The first-order chi connectivity index (χ1) is 8.22. The molecule has 2 saturated heterocycles. The van der Waals surface area contributed by atoms with Crippen molar-refractivity contribution < 1.29 is 0 Å². The third-order valence-electron chi connectivity index (χ3n) is 4.22. The molecule has 0 bridgehead atoms. The molecule has 3 heteroatoms. The molecule has 2 N–H and O–H groups in total. The summed E-state index contributed by atoms with van der Waals surface area (Å²) in [4.78, 5) is 2.65. The van der Waals surface area contributed by atoms with E-state index >= 15 is 0 Å². The Hall–Kier alpha value is -0.120. The molecule has 0 aromatic rings. The van der Waals surface area contributed by atoms with Gasteiger partial charge in [-0.05, 0) is 56.8 Å². The van der Waals surface area contributed by atoms with E-state index in [-0.39, 0.29) is 0 Å². The van der Waals surface area contributed by atoms with Crippen molar-refractivity contribution in [3.05, 3.63) is 0 Å². The van der Waals surface area contributed by atoms with Crippen LogP contribution >= 0.6 is 0 Å². The van der Waals surface area contributed by atoms with Gasteiger partial charge in [0.1, 0.15) is 0 Å². The van der Waals surface area contributed by atoms with Crippen molar-refractivity contribution in [1.82, 2.24) is 15.5 Å². The second-order valence-corrected chi connectivity index (χ2v) is 6.34. The van der Waals surface area contributed by atoms with Crippen LogP contribution in [0.3, 0.4) is 0 Å². The van der Waals surface area contributed by atoms with Crippen molar-refractivity contribution in [2.24, 2.45) is 11.3 Å². The number of nitrogens with zero attached hydrogens (tertiary/aromatic N) is 1. The lowest BCUT2D eigenvalue weighted by Gasteiger charge is -2.49. The number of rotatable bonds is 7. The normalized spacial score (nSPS) is 28.2. The summed E-state index contributed by atoms with van der Waals surface area (Å²) in [6.45, 7) is 13.5. The van der Waals surface area contributed by atoms with Gasteiger partial charge in [0, 0.05) is 19.6 Å². The summed E-state index contributed by atoms with van der Waals surface area (Å²) in [7, 11) is 0. The van der Waals surface area contributed by atoms with Crippen LogP contribution in [0.15, 0.2) is 0 Å². The van der Waals surface area contributed by atoms with Crippen LogP contribution in [0, 0.1) is 11.3 Å². The first-order valence-electron chi connectivity index (χ1n) is 7.36. The molecular weight excluding hydrogens is 210 g/mol. The molecule has 0 aromatic carbocycles. The summed E-state index contributed by atoms with van der Waals surface area (Å²) in [6, 6.07) is 0. The average Bonchev–Trinajstić information content (AvgIpc) is 2.75. The van der Waals surface area contributed by atoms with Gasteiger partial charge >= 0.3 is 0 Å². The Labute approximate surface area is 106 Å². The van der Waals surface area contributed by atoms with E-state index in [0.29, 0.717) is 5.41 Å². The van der Waals surface area contributed by atoms with E-state index in [0.717, 1.165) is 5.92 Å². The standard InChI is InChI=1S/C14H29N3/c1-3-6-15-8-5-14(2)11-17(12-14)10-13-4-7-16-9-13/h13,15-16H,3-12H2,1-2H3. The highest BCUT2D eigenvalue weighted by Crippen LogP contribution is 2.33. The Bertz CT molecular complexity index is 218. The van der Waals surface area contributed by atoms with Gasteiger partial charge in [-0.3, -0.25) is 0 Å². The average molecular weight is 239 g/mol. The summed E-state index contributed by atoms with van der Waals surface area (Å²) in [6.07, 6.45) is 3.97. The Kier molecular flexibility index (Phi) is 4.83. The first kappa shape index (κ1) is 13.3. The predicted octanol–water partition coefficient (Wildman–Crippen LogP) is 1.31. The molecule has 0 aromatic heterocycles. The van der Waals surface area contributed by atoms with E-state index < -0.39 is 0 Å². The van der Waals surface area contributed by atoms with Crippen LogP contribution in [0.5, 0.6) is 0 Å². The van der Waals surface area contributed by atoms with Crippen molar-refractivity contribution in [3.8, 4) is 0 Å². The molecule has 3 nitrogen and oxygen atoms in total. The van der Waals surface area contributed by atoms with Gasteiger partial charge in [0.05, 0.1) is 0 Å². The van der Waals surface area contributed by atoms with Crippen LogP contribution in [0.4, 0.5) is 0 Å². The summed E-state index contributed by atoms with van der Waals surface area (Å²) in [5, 5.41) is 6.98. The summed E-state index contributed by atoms with van der Waals surface area (Å²) in [5.74, 6) is 0.915. The highest BCUT2D eigenvalue weighted by Gasteiger charge is 2.38. The van der Waals surface area contributed by atoms with Gasteiger partial charge in [-0.15, -0.1) is 0 Å². The molecule has 0 spiro atoms. The van der Waals surface area contributed by atoms with E-state index in [1.165, 1.54) is 65.1 Å². The van der Waals surface area contributed by atoms with Crippen molar-refractivity contribution in [3.63, 3.8) is 0 Å². The number of likely N-dealkylation sites (tertiary alicyclic amines) is 1. The maximum absolute atomic E-state index is 3.52. The Morgan fingerprint density at radius 2 is 2.18 bits per heavy atom. The fourth-order valence-electron chi connectivity index (χ4n) is 3.25. The molecule has 2 fully saturated rings. The minimum Gasteiger partial charge on any atom is -0.317 e. The van der Waals surface area contributed by atoms with Crippen LogP contribution in [0.25, 0.3) is 0 Å². The lowest BCUT2D eigenvalue weighted by atomic mass is 9.78. The molecule has 100 valence electrons. The van der Waals surface area contributed by atoms with E-state index in [1.807, 2.05) is 0 Å². The second-order valence-electron chi connectivity index (χ2n) is 6.34. The zero-order valence-corrected chi connectivity index (χ0v) is 11.6. The van der Waals surface area contributed by atoms with Crippen molar-refractivity contribution in [2.75, 3.05) is 45.8 Å². The smallest absolute Gasteiger partial charge is 0.00484 e. The van der Waals surface area contributed by atoms with Gasteiger partial charge in [-0.25, -0.2) is 0 Å². The highest BCUT2D eigenvalue weighted by atomic mass is 15.2. The number of hydrogen-bond donors (Lipinski definition) is 2. The van der Waals surface area contributed by atoms with E-state index in [9.17, 15) is 0 Å². The van der Waals surface area contributed by atoms with Gasteiger partial charge < -0.3 is 15.5 Å². The summed E-state index contributed by atoms with van der Waals surface area (Å²) < 4.78 is 0. The van der Waals surface area contributed by atoms with Crippen molar-refractivity contribution in [1.29, 1.82) is 0 Å². The molecule has 17 heavy (non-hydrogen) atoms. The van der Waals surface area contributed by atoms with Crippen LogP contribution < -0.4 is 10.6 Å². The van der Waals surface area contributed by atoms with E-state index in [4.69, 9.17) is 0 Å². The van der Waals surface area contributed by atoms with Crippen LogP contribution in [0.1, 0.15) is 33.1 Å². The van der Waals surface area contributed by atoms with Crippen LogP contribution in [0.2, 0.25) is 0 Å². The quantitative estimate of drug-likeness (QED) is 0.656. The van der Waals surface area contributed by atoms with Crippen LogP contribution in [-0.2, 0) is 0 Å². The van der Waals surface area contributed by atoms with Gasteiger partial charge in [0.2, 0.25) is 0 Å². The maximum Gasteiger partial charge on any atom is 0.00484 e. The summed E-state index contributed by atoms with van der Waals surface area (Å²) >= 11 is 0. The molecule has 0 amide bonds. The molecule has 0 saturated carbocycles. The third-order valence-corrected chi connectivity index (χ3v) is 4.22. The predicted molar refractivity (Wildman–Crippen MR) is 73.3 cm³/mol. The third kappa shape index (κ3) is 3.94.